The number of benzene rings is 1. The van der Waals surface area contributed by atoms with E-state index >= 15 is 0 Å². The summed E-state index contributed by atoms with van der Waals surface area (Å²) in [5.74, 6) is 0.560. The number of hydrogen-bond donors (Lipinski definition) is 1. The van der Waals surface area contributed by atoms with Crippen LogP contribution < -0.4 is 10.2 Å². The van der Waals surface area contributed by atoms with E-state index in [-0.39, 0.29) is 17.6 Å². The van der Waals surface area contributed by atoms with Crippen LogP contribution in [0, 0.1) is 6.92 Å². The highest BCUT2D eigenvalue weighted by atomic mass is 32.2. The maximum Gasteiger partial charge on any atom is 0.234 e. The first-order chi connectivity index (χ1) is 14.6. The average Bonchev–Trinajstić information content (AvgIpc) is 3.20. The van der Waals surface area contributed by atoms with Gasteiger partial charge in [0.2, 0.25) is 11.8 Å². The molecule has 3 heterocycles. The van der Waals surface area contributed by atoms with Crippen LogP contribution in [0.4, 0.5) is 10.8 Å². The molecule has 1 aliphatic heterocycles. The second-order valence-corrected chi connectivity index (χ2v) is 9.04. The van der Waals surface area contributed by atoms with Gasteiger partial charge in [-0.15, -0.1) is 11.8 Å². The van der Waals surface area contributed by atoms with Gasteiger partial charge in [-0.1, -0.05) is 29.0 Å². The van der Waals surface area contributed by atoms with E-state index in [0.29, 0.717) is 18.8 Å². The number of nitrogens with one attached hydrogen (secondary N) is 1. The second kappa shape index (κ2) is 9.44. The Morgan fingerprint density at radius 3 is 2.60 bits per heavy atom. The van der Waals surface area contributed by atoms with Crippen LogP contribution in [0.1, 0.15) is 5.56 Å². The number of nitrogens with zero attached hydrogens (tertiary/aromatic N) is 4. The van der Waals surface area contributed by atoms with Crippen LogP contribution in [0.5, 0.6) is 0 Å². The lowest BCUT2D eigenvalue weighted by Crippen LogP contribution is -2.49. The number of aryl methyl sites for hydroxylation is 1. The lowest BCUT2D eigenvalue weighted by molar-refractivity contribution is -0.128. The largest absolute Gasteiger partial charge is 0.344 e. The van der Waals surface area contributed by atoms with E-state index in [9.17, 15) is 9.59 Å². The minimum absolute atomic E-state index is 0.0775. The highest BCUT2D eigenvalue weighted by molar-refractivity contribution is 8.00. The van der Waals surface area contributed by atoms with Crippen molar-refractivity contribution in [3.63, 3.8) is 0 Å². The van der Waals surface area contributed by atoms with Crippen molar-refractivity contribution in [2.45, 2.75) is 6.92 Å². The number of fused-ring (bicyclic) bond motifs is 1. The molecule has 9 heteroatoms. The molecule has 2 aromatic heterocycles. The summed E-state index contributed by atoms with van der Waals surface area (Å²) in [6, 6.07) is 11.5. The van der Waals surface area contributed by atoms with Crippen LogP contribution in [0.2, 0.25) is 0 Å². The fraction of sp³-hybridized carbons (Fsp3) is 0.333. The lowest BCUT2D eigenvalue weighted by atomic mass is 10.2. The van der Waals surface area contributed by atoms with Crippen molar-refractivity contribution < 1.29 is 9.59 Å². The van der Waals surface area contributed by atoms with Crippen molar-refractivity contribution >= 4 is 56.1 Å². The number of hydrogen-bond acceptors (Lipinski definition) is 7. The average molecular weight is 442 g/mol. The Morgan fingerprint density at radius 2 is 1.87 bits per heavy atom. The van der Waals surface area contributed by atoms with Crippen LogP contribution in [-0.2, 0) is 9.59 Å². The SMILES string of the molecule is Cc1ccc(NC(=O)CSCC(=O)N2CCN(c3nc4cccnc4s3)CC2)cc1. The van der Waals surface area contributed by atoms with E-state index in [4.69, 9.17) is 0 Å². The maximum atomic E-state index is 12.5. The third kappa shape index (κ3) is 5.09. The van der Waals surface area contributed by atoms with Gasteiger partial charge in [0.1, 0.15) is 10.3 Å². The molecule has 3 aromatic rings. The Kier molecular flexibility index (Phi) is 6.49. The maximum absolute atomic E-state index is 12.5. The fourth-order valence-electron chi connectivity index (χ4n) is 3.20. The second-order valence-electron chi connectivity index (χ2n) is 7.10. The third-order valence-electron chi connectivity index (χ3n) is 4.85. The third-order valence-corrected chi connectivity index (χ3v) is 6.81. The minimum atomic E-state index is -0.0917. The molecule has 30 heavy (non-hydrogen) atoms. The monoisotopic (exact) mass is 441 g/mol. The van der Waals surface area contributed by atoms with Crippen molar-refractivity contribution in [3.8, 4) is 0 Å². The lowest BCUT2D eigenvalue weighted by Gasteiger charge is -2.34. The zero-order chi connectivity index (χ0) is 20.9. The number of pyridine rings is 1. The molecule has 0 bridgehead atoms. The number of thiazole rings is 1. The van der Waals surface area contributed by atoms with Crippen molar-refractivity contribution in [2.24, 2.45) is 0 Å². The number of anilines is 2. The summed E-state index contributed by atoms with van der Waals surface area (Å²) in [6.45, 7) is 4.84. The predicted octanol–water partition coefficient (Wildman–Crippen LogP) is 3.02. The van der Waals surface area contributed by atoms with Crippen molar-refractivity contribution in [3.05, 3.63) is 48.2 Å². The standard InChI is InChI=1S/C21H23N5O2S2/c1-15-4-6-16(7-5-15)23-18(27)13-29-14-19(28)25-9-11-26(12-10-25)21-24-17-3-2-8-22-20(17)30-21/h2-8H,9-14H2,1H3,(H,23,27). The Labute approximate surface area is 183 Å². The molecule has 1 N–H and O–H groups in total. The fourth-order valence-corrected chi connectivity index (χ4v) is 4.87. The van der Waals surface area contributed by atoms with Crippen molar-refractivity contribution in [1.82, 2.24) is 14.9 Å². The Bertz CT molecular complexity index is 996. The van der Waals surface area contributed by atoms with Crippen LogP contribution in [0.15, 0.2) is 42.6 Å². The highest BCUT2D eigenvalue weighted by Crippen LogP contribution is 2.27. The number of rotatable bonds is 6. The first-order valence-corrected chi connectivity index (χ1v) is 11.7. The Balaban J connectivity index is 1.19. The van der Waals surface area contributed by atoms with Crippen LogP contribution in [0.25, 0.3) is 10.3 Å². The normalized spacial score (nSPS) is 14.2. The topological polar surface area (TPSA) is 78.4 Å². The van der Waals surface area contributed by atoms with Gasteiger partial charge in [0, 0.05) is 38.1 Å². The first-order valence-electron chi connectivity index (χ1n) is 9.77. The summed E-state index contributed by atoms with van der Waals surface area (Å²) in [5.41, 5.74) is 2.84. The molecular weight excluding hydrogens is 418 g/mol. The molecule has 0 radical (unpaired) electrons. The quantitative estimate of drug-likeness (QED) is 0.634. The van der Waals surface area contributed by atoms with E-state index in [0.717, 1.165) is 39.8 Å². The van der Waals surface area contributed by atoms with E-state index in [1.54, 1.807) is 17.5 Å². The van der Waals surface area contributed by atoms with Crippen LogP contribution in [0.3, 0.4) is 0 Å². The van der Waals surface area contributed by atoms with Gasteiger partial charge >= 0.3 is 0 Å². The zero-order valence-electron chi connectivity index (χ0n) is 16.7. The van der Waals surface area contributed by atoms with E-state index in [1.807, 2.05) is 48.2 Å². The van der Waals surface area contributed by atoms with Gasteiger partial charge in [-0.05, 0) is 31.2 Å². The first kappa shape index (κ1) is 20.6. The number of aromatic nitrogens is 2. The van der Waals surface area contributed by atoms with Gasteiger partial charge in [-0.3, -0.25) is 9.59 Å². The minimum Gasteiger partial charge on any atom is -0.344 e. The summed E-state index contributed by atoms with van der Waals surface area (Å²) in [4.78, 5) is 38.5. The Hall–Kier alpha value is -2.65. The van der Waals surface area contributed by atoms with Gasteiger partial charge in [0.05, 0.1) is 11.5 Å². The molecular formula is C21H23N5O2S2. The van der Waals surface area contributed by atoms with Crippen LogP contribution in [-0.4, -0.2) is 64.4 Å². The summed E-state index contributed by atoms with van der Waals surface area (Å²) < 4.78 is 0. The summed E-state index contributed by atoms with van der Waals surface area (Å²) in [7, 11) is 0. The summed E-state index contributed by atoms with van der Waals surface area (Å²) >= 11 is 2.93. The summed E-state index contributed by atoms with van der Waals surface area (Å²) in [6.07, 6.45) is 1.78. The van der Waals surface area contributed by atoms with Gasteiger partial charge in [0.25, 0.3) is 0 Å². The highest BCUT2D eigenvalue weighted by Gasteiger charge is 2.23. The van der Waals surface area contributed by atoms with Gasteiger partial charge in [-0.2, -0.15) is 0 Å². The summed E-state index contributed by atoms with van der Waals surface area (Å²) in [5, 5.41) is 3.81. The molecule has 1 fully saturated rings. The predicted molar refractivity (Wildman–Crippen MR) is 123 cm³/mol. The van der Waals surface area contributed by atoms with Gasteiger partial charge in [-0.25, -0.2) is 9.97 Å². The Morgan fingerprint density at radius 1 is 1.10 bits per heavy atom. The molecule has 0 unspecified atom stereocenters. The molecule has 0 aliphatic carbocycles. The molecule has 4 rings (SSSR count). The van der Waals surface area contributed by atoms with Gasteiger partial charge < -0.3 is 15.1 Å². The molecule has 156 valence electrons. The number of thioether (sulfide) groups is 1. The van der Waals surface area contributed by atoms with Crippen LogP contribution >= 0.6 is 23.1 Å². The molecule has 0 atom stereocenters. The molecule has 2 amide bonds. The smallest absolute Gasteiger partial charge is 0.234 e. The molecule has 1 aromatic carbocycles. The number of piperazine rings is 1. The molecule has 0 spiro atoms. The van der Waals surface area contributed by atoms with Gasteiger partial charge in [0.15, 0.2) is 5.13 Å². The van der Waals surface area contributed by atoms with Crippen molar-refractivity contribution in [1.29, 1.82) is 0 Å². The number of amides is 2. The van der Waals surface area contributed by atoms with Crippen molar-refractivity contribution in [2.75, 3.05) is 47.9 Å². The molecule has 1 saturated heterocycles. The van der Waals surface area contributed by atoms with E-state index in [2.05, 4.69) is 20.2 Å². The number of carbonyl (C=O) groups is 2. The molecule has 1 aliphatic rings. The van der Waals surface area contributed by atoms with E-state index in [1.165, 1.54) is 11.8 Å². The molecule has 7 nitrogen and oxygen atoms in total. The number of carbonyl (C=O) groups excluding carboxylic acids is 2. The zero-order valence-corrected chi connectivity index (χ0v) is 18.3. The molecule has 0 saturated carbocycles. The van der Waals surface area contributed by atoms with E-state index < -0.39 is 0 Å².